The number of rotatable bonds is 2. The van der Waals surface area contributed by atoms with Crippen LogP contribution in [0.1, 0.15) is 0 Å². The van der Waals surface area contributed by atoms with Gasteiger partial charge in [-0.1, -0.05) is 12.1 Å². The maximum atomic E-state index is 11.3. The van der Waals surface area contributed by atoms with Crippen molar-refractivity contribution in [1.82, 2.24) is 4.57 Å². The summed E-state index contributed by atoms with van der Waals surface area (Å²) in [4.78, 5) is 33.2. The highest BCUT2D eigenvalue weighted by Gasteiger charge is 2.10. The maximum absolute atomic E-state index is 11.3. The third-order valence-corrected chi connectivity index (χ3v) is 2.11. The van der Waals surface area contributed by atoms with Gasteiger partial charge in [-0.15, -0.1) is 0 Å². The predicted octanol–water partition coefficient (Wildman–Crippen LogP) is 0.0393. The first-order chi connectivity index (χ1) is 7.59. The molecule has 0 bridgehead atoms. The van der Waals surface area contributed by atoms with Crippen molar-refractivity contribution in [1.29, 1.82) is 0 Å². The van der Waals surface area contributed by atoms with Crippen molar-refractivity contribution in [3.63, 3.8) is 0 Å². The van der Waals surface area contributed by atoms with Crippen LogP contribution in [0.4, 0.5) is 0 Å². The van der Waals surface area contributed by atoms with E-state index in [1.165, 1.54) is 12.1 Å². The lowest BCUT2D eigenvalue weighted by Gasteiger charge is -2.04. The molecule has 0 radical (unpaired) electrons. The molecule has 1 heterocycles. The van der Waals surface area contributed by atoms with E-state index in [9.17, 15) is 14.4 Å². The highest BCUT2D eigenvalue weighted by atomic mass is 16.4. The van der Waals surface area contributed by atoms with Gasteiger partial charge in [-0.2, -0.15) is 0 Å². The van der Waals surface area contributed by atoms with Crippen molar-refractivity contribution in [3.05, 3.63) is 45.2 Å². The molecule has 0 aliphatic rings. The molecule has 2 rings (SSSR count). The van der Waals surface area contributed by atoms with Gasteiger partial charge in [0.05, 0.1) is 10.9 Å². The summed E-state index contributed by atoms with van der Waals surface area (Å²) in [6, 6.07) is 6.18. The lowest BCUT2D eigenvalue weighted by Crippen LogP contribution is -2.27. The molecule has 1 aromatic heterocycles. The minimum absolute atomic E-state index is 0.184. The van der Waals surface area contributed by atoms with E-state index in [1.807, 2.05) is 0 Å². The topological polar surface area (TPSA) is 89.5 Å². The summed E-state index contributed by atoms with van der Waals surface area (Å²) in [6.45, 7) is -0.539. The molecule has 0 unspecified atom stereocenters. The molecule has 6 heteroatoms. The van der Waals surface area contributed by atoms with E-state index in [0.717, 1.165) is 4.57 Å². The second-order valence-electron chi connectivity index (χ2n) is 3.15. The average molecular weight is 221 g/mol. The molecule has 2 aromatic rings. The lowest BCUT2D eigenvalue weighted by molar-refractivity contribution is -0.137. The van der Waals surface area contributed by atoms with Crippen molar-refractivity contribution < 1.29 is 14.3 Å². The van der Waals surface area contributed by atoms with Gasteiger partial charge in [-0.3, -0.25) is 9.36 Å². The van der Waals surface area contributed by atoms with Gasteiger partial charge in [0.1, 0.15) is 6.54 Å². The van der Waals surface area contributed by atoms with Crippen LogP contribution in [0.5, 0.6) is 0 Å². The summed E-state index contributed by atoms with van der Waals surface area (Å²) in [6.07, 6.45) is 0. The van der Waals surface area contributed by atoms with Crippen LogP contribution < -0.4 is 11.4 Å². The highest BCUT2D eigenvalue weighted by molar-refractivity contribution is 5.78. The highest BCUT2D eigenvalue weighted by Crippen LogP contribution is 2.06. The molecule has 1 N–H and O–H groups in total. The van der Waals surface area contributed by atoms with Crippen LogP contribution in [0.3, 0.4) is 0 Å². The molecule has 82 valence electrons. The molecule has 0 amide bonds. The fourth-order valence-corrected chi connectivity index (χ4v) is 1.45. The lowest BCUT2D eigenvalue weighted by atomic mass is 10.2. The summed E-state index contributed by atoms with van der Waals surface area (Å²) in [7, 11) is 0. The Morgan fingerprint density at radius 3 is 2.69 bits per heavy atom. The van der Waals surface area contributed by atoms with Gasteiger partial charge in [0.2, 0.25) is 0 Å². The summed E-state index contributed by atoms with van der Waals surface area (Å²) in [5.74, 6) is -2.15. The average Bonchev–Trinajstić information content (AvgIpc) is 2.24. The third kappa shape index (κ3) is 1.60. The number of benzene rings is 1. The first-order valence-corrected chi connectivity index (χ1v) is 4.44. The van der Waals surface area contributed by atoms with E-state index in [0.29, 0.717) is 0 Å². The Morgan fingerprint density at radius 2 is 2.00 bits per heavy atom. The quantitative estimate of drug-likeness (QED) is 0.773. The normalized spacial score (nSPS) is 10.5. The fourth-order valence-electron chi connectivity index (χ4n) is 1.45. The smallest absolute Gasteiger partial charge is 0.422 e. The molecule has 0 atom stereocenters. The van der Waals surface area contributed by atoms with Gasteiger partial charge in [0.15, 0.2) is 0 Å². The third-order valence-electron chi connectivity index (χ3n) is 2.11. The van der Waals surface area contributed by atoms with Gasteiger partial charge in [-0.05, 0) is 12.1 Å². The van der Waals surface area contributed by atoms with Crippen LogP contribution in [-0.4, -0.2) is 15.6 Å². The Hall–Kier alpha value is -2.37. The van der Waals surface area contributed by atoms with Crippen molar-refractivity contribution in [2.45, 2.75) is 6.54 Å². The van der Waals surface area contributed by atoms with Gasteiger partial charge in [0, 0.05) is 0 Å². The van der Waals surface area contributed by atoms with Crippen LogP contribution in [-0.2, 0) is 11.3 Å². The Balaban J connectivity index is 2.87. The molecule has 0 saturated carbocycles. The number of carboxylic acids is 1. The zero-order valence-corrected chi connectivity index (χ0v) is 8.04. The molecular weight excluding hydrogens is 214 g/mol. The van der Waals surface area contributed by atoms with Gasteiger partial charge in [-0.25, -0.2) is 9.59 Å². The van der Waals surface area contributed by atoms with E-state index in [2.05, 4.69) is 4.42 Å². The first kappa shape index (κ1) is 10.2. The van der Waals surface area contributed by atoms with Crippen molar-refractivity contribution in [3.8, 4) is 0 Å². The summed E-state index contributed by atoms with van der Waals surface area (Å²) in [5, 5.41) is 8.82. The van der Waals surface area contributed by atoms with Crippen molar-refractivity contribution in [2.75, 3.05) is 0 Å². The van der Waals surface area contributed by atoms with Crippen LogP contribution in [0, 0.1) is 0 Å². The zero-order valence-electron chi connectivity index (χ0n) is 8.04. The standard InChI is InChI=1S/C10H7NO5/c12-8(13)5-11-7-4-2-1-3-6(7)9(14)16-10(11)15/h1-4H,5H2,(H,12,13). The van der Waals surface area contributed by atoms with E-state index in [1.54, 1.807) is 12.1 Å². The van der Waals surface area contributed by atoms with Crippen LogP contribution in [0.2, 0.25) is 0 Å². The van der Waals surface area contributed by atoms with E-state index >= 15 is 0 Å². The number of carbonyl (C=O) groups is 1. The number of nitrogens with zero attached hydrogens (tertiary/aromatic N) is 1. The largest absolute Gasteiger partial charge is 0.480 e. The summed E-state index contributed by atoms with van der Waals surface area (Å²) >= 11 is 0. The number of hydrogen-bond donors (Lipinski definition) is 1. The summed E-state index contributed by atoms with van der Waals surface area (Å²) in [5.41, 5.74) is -0.506. The molecule has 16 heavy (non-hydrogen) atoms. The Morgan fingerprint density at radius 1 is 1.31 bits per heavy atom. The zero-order chi connectivity index (χ0) is 11.7. The minimum Gasteiger partial charge on any atom is -0.480 e. The molecule has 1 aromatic carbocycles. The van der Waals surface area contributed by atoms with Gasteiger partial charge < -0.3 is 9.52 Å². The minimum atomic E-state index is -1.18. The van der Waals surface area contributed by atoms with E-state index in [4.69, 9.17) is 5.11 Å². The molecule has 0 spiro atoms. The van der Waals surface area contributed by atoms with E-state index in [-0.39, 0.29) is 10.9 Å². The van der Waals surface area contributed by atoms with Crippen molar-refractivity contribution >= 4 is 16.9 Å². The van der Waals surface area contributed by atoms with Crippen LogP contribution in [0.15, 0.2) is 38.3 Å². The fraction of sp³-hybridized carbons (Fsp3) is 0.100. The maximum Gasteiger partial charge on any atom is 0.422 e. The second kappa shape index (κ2) is 3.65. The van der Waals surface area contributed by atoms with Gasteiger partial charge >= 0.3 is 17.4 Å². The number of carboxylic acid groups (broad SMARTS) is 1. The molecule has 0 saturated heterocycles. The van der Waals surface area contributed by atoms with Gasteiger partial charge in [0.25, 0.3) is 0 Å². The van der Waals surface area contributed by atoms with Crippen LogP contribution >= 0.6 is 0 Å². The molecule has 6 nitrogen and oxygen atoms in total. The predicted molar refractivity (Wildman–Crippen MR) is 54.4 cm³/mol. The van der Waals surface area contributed by atoms with Crippen LogP contribution in [0.25, 0.3) is 10.9 Å². The molecule has 0 aliphatic heterocycles. The summed E-state index contributed by atoms with van der Waals surface area (Å²) < 4.78 is 5.31. The van der Waals surface area contributed by atoms with Crippen molar-refractivity contribution in [2.24, 2.45) is 0 Å². The Bertz CT molecular complexity index is 667. The number of hydrogen-bond acceptors (Lipinski definition) is 4. The number of aliphatic carboxylic acids is 1. The van der Waals surface area contributed by atoms with E-state index < -0.39 is 23.9 Å². The number of para-hydroxylation sites is 1. The first-order valence-electron chi connectivity index (χ1n) is 4.44. The molecule has 0 fully saturated rings. The SMILES string of the molecule is O=C(O)Cn1c(=O)oc(=O)c2ccccc21. The number of fused-ring (bicyclic) bond motifs is 1. The second-order valence-corrected chi connectivity index (χ2v) is 3.15. The monoisotopic (exact) mass is 221 g/mol. The Kier molecular flexibility index (Phi) is 2.32. The number of aromatic nitrogens is 1. The molecular formula is C10H7NO5. The Labute approximate surface area is 88.4 Å². The molecule has 0 aliphatic carbocycles.